The molecule has 2 atom stereocenters. The Bertz CT molecular complexity index is 1460. The molecule has 37 heavy (non-hydrogen) atoms. The van der Waals surface area contributed by atoms with E-state index < -0.39 is 18.0 Å². The molecular formula is C30H24ClNO5. The SMILES string of the molecule is C[C@@H](OC(=O)[C@H]1CC(=O)N(c2ccc(Oc3cccc4ccccc34)cc2)C1)C(=O)c1ccc(Cl)cc1. The number of hydrogen-bond donors (Lipinski definition) is 0. The van der Waals surface area contributed by atoms with Gasteiger partial charge in [-0.05, 0) is 66.9 Å². The fourth-order valence-corrected chi connectivity index (χ4v) is 4.52. The summed E-state index contributed by atoms with van der Waals surface area (Å²) in [5, 5.41) is 2.61. The highest BCUT2D eigenvalue weighted by atomic mass is 35.5. The summed E-state index contributed by atoms with van der Waals surface area (Å²) in [6, 6.07) is 27.4. The number of rotatable bonds is 7. The molecule has 6 nitrogen and oxygen atoms in total. The minimum absolute atomic E-state index is 0.0228. The summed E-state index contributed by atoms with van der Waals surface area (Å²) in [5.41, 5.74) is 1.07. The van der Waals surface area contributed by atoms with Crippen molar-refractivity contribution in [2.24, 2.45) is 5.92 Å². The van der Waals surface area contributed by atoms with Crippen LogP contribution in [-0.4, -0.2) is 30.3 Å². The van der Waals surface area contributed by atoms with E-state index in [1.807, 2.05) is 42.5 Å². The number of carbonyl (C=O) groups excluding carboxylic acids is 3. The number of halogens is 1. The van der Waals surface area contributed by atoms with Crippen LogP contribution in [0.15, 0.2) is 91.0 Å². The van der Waals surface area contributed by atoms with Crippen LogP contribution in [0.4, 0.5) is 5.69 Å². The molecule has 4 aromatic carbocycles. The fraction of sp³-hybridized carbons (Fsp3) is 0.167. The summed E-state index contributed by atoms with van der Waals surface area (Å²) in [5.74, 6) is -0.346. The van der Waals surface area contributed by atoms with E-state index >= 15 is 0 Å². The lowest BCUT2D eigenvalue weighted by molar-refractivity contribution is -0.151. The maximum absolute atomic E-state index is 12.7. The van der Waals surface area contributed by atoms with Crippen molar-refractivity contribution in [3.8, 4) is 11.5 Å². The van der Waals surface area contributed by atoms with Gasteiger partial charge in [-0.2, -0.15) is 0 Å². The van der Waals surface area contributed by atoms with Gasteiger partial charge in [-0.1, -0.05) is 48.0 Å². The molecule has 1 heterocycles. The predicted molar refractivity (Wildman–Crippen MR) is 142 cm³/mol. The van der Waals surface area contributed by atoms with E-state index in [0.29, 0.717) is 22.0 Å². The maximum atomic E-state index is 12.7. The van der Waals surface area contributed by atoms with Crippen molar-refractivity contribution >= 4 is 45.7 Å². The van der Waals surface area contributed by atoms with Crippen LogP contribution >= 0.6 is 11.6 Å². The number of carbonyl (C=O) groups is 3. The molecule has 0 unspecified atom stereocenters. The first-order valence-electron chi connectivity index (χ1n) is 12.0. The molecule has 0 aliphatic carbocycles. The number of hydrogen-bond acceptors (Lipinski definition) is 5. The highest BCUT2D eigenvalue weighted by molar-refractivity contribution is 6.30. The summed E-state index contributed by atoms with van der Waals surface area (Å²) in [6.45, 7) is 1.71. The Morgan fingerprint density at radius 1 is 0.919 bits per heavy atom. The molecule has 1 fully saturated rings. The van der Waals surface area contributed by atoms with Gasteiger partial charge in [0.1, 0.15) is 11.5 Å². The van der Waals surface area contributed by atoms with Crippen molar-refractivity contribution in [2.45, 2.75) is 19.4 Å². The molecule has 0 N–H and O–H groups in total. The number of amides is 1. The molecule has 4 aromatic rings. The van der Waals surface area contributed by atoms with Crippen LogP contribution < -0.4 is 9.64 Å². The molecule has 7 heteroatoms. The second-order valence-electron chi connectivity index (χ2n) is 8.93. The normalized spacial score (nSPS) is 16.0. The Hall–Kier alpha value is -4.16. The van der Waals surface area contributed by atoms with E-state index in [2.05, 4.69) is 0 Å². The Morgan fingerprint density at radius 3 is 2.38 bits per heavy atom. The first-order chi connectivity index (χ1) is 17.9. The van der Waals surface area contributed by atoms with Crippen molar-refractivity contribution < 1.29 is 23.9 Å². The number of anilines is 1. The summed E-state index contributed by atoms with van der Waals surface area (Å²) in [7, 11) is 0. The van der Waals surface area contributed by atoms with E-state index in [4.69, 9.17) is 21.1 Å². The summed E-state index contributed by atoms with van der Waals surface area (Å²) in [4.78, 5) is 39.6. The zero-order valence-electron chi connectivity index (χ0n) is 20.1. The van der Waals surface area contributed by atoms with E-state index in [1.165, 1.54) is 6.92 Å². The summed E-state index contributed by atoms with van der Waals surface area (Å²) >= 11 is 5.87. The number of Topliss-reactive ketones (excluding diaryl/α,β-unsaturated/α-hetero) is 1. The van der Waals surface area contributed by atoms with E-state index in [9.17, 15) is 14.4 Å². The number of ether oxygens (including phenoxy) is 2. The highest BCUT2D eigenvalue weighted by Gasteiger charge is 2.37. The second kappa shape index (κ2) is 10.4. The maximum Gasteiger partial charge on any atom is 0.312 e. The van der Waals surface area contributed by atoms with Gasteiger partial charge in [0.2, 0.25) is 11.7 Å². The molecule has 1 saturated heterocycles. The quantitative estimate of drug-likeness (QED) is 0.210. The Morgan fingerprint density at radius 2 is 1.62 bits per heavy atom. The zero-order valence-corrected chi connectivity index (χ0v) is 20.9. The van der Waals surface area contributed by atoms with Crippen LogP contribution in [-0.2, 0) is 14.3 Å². The Labute approximate surface area is 219 Å². The molecule has 0 bridgehead atoms. The van der Waals surface area contributed by atoms with Crippen LogP contribution in [0.1, 0.15) is 23.7 Å². The number of esters is 1. The van der Waals surface area contributed by atoms with Gasteiger partial charge in [-0.25, -0.2) is 0 Å². The van der Waals surface area contributed by atoms with E-state index in [-0.39, 0.29) is 24.7 Å². The van der Waals surface area contributed by atoms with Gasteiger partial charge < -0.3 is 14.4 Å². The molecule has 1 aliphatic rings. The van der Waals surface area contributed by atoms with Crippen molar-refractivity contribution in [3.63, 3.8) is 0 Å². The van der Waals surface area contributed by atoms with E-state index in [1.54, 1.807) is 53.4 Å². The average Bonchev–Trinajstić information content (AvgIpc) is 3.31. The molecule has 5 rings (SSSR count). The predicted octanol–water partition coefficient (Wildman–Crippen LogP) is 6.45. The number of benzene rings is 4. The van der Waals surface area contributed by atoms with Crippen LogP contribution in [0.5, 0.6) is 11.5 Å². The molecule has 0 spiro atoms. The number of nitrogens with zero attached hydrogens (tertiary/aromatic N) is 1. The lowest BCUT2D eigenvalue weighted by Gasteiger charge is -2.18. The molecule has 0 saturated carbocycles. The summed E-state index contributed by atoms with van der Waals surface area (Å²) in [6.07, 6.45) is -0.946. The number of ketones is 1. The second-order valence-corrected chi connectivity index (χ2v) is 9.37. The lowest BCUT2D eigenvalue weighted by Crippen LogP contribution is -2.30. The third-order valence-corrected chi connectivity index (χ3v) is 6.63. The Balaban J connectivity index is 1.22. The van der Waals surface area contributed by atoms with Gasteiger partial charge in [0.25, 0.3) is 0 Å². The summed E-state index contributed by atoms with van der Waals surface area (Å²) < 4.78 is 11.5. The van der Waals surface area contributed by atoms with Crippen molar-refractivity contribution in [2.75, 3.05) is 11.4 Å². The standard InChI is InChI=1S/C30H24ClNO5/c1-19(29(34)21-9-11-23(31)12-10-21)36-30(35)22-17-28(33)32(18-22)24-13-15-25(16-14-24)37-27-8-4-6-20-5-2-3-7-26(20)27/h2-16,19,22H,17-18H2,1H3/t19-,22+/m1/s1. The fourth-order valence-electron chi connectivity index (χ4n) is 4.39. The third kappa shape index (κ3) is 5.34. The van der Waals surface area contributed by atoms with Crippen molar-refractivity contribution in [1.82, 2.24) is 0 Å². The van der Waals surface area contributed by atoms with Gasteiger partial charge in [0, 0.05) is 34.6 Å². The first-order valence-corrected chi connectivity index (χ1v) is 12.3. The van der Waals surface area contributed by atoms with Gasteiger partial charge in [0.15, 0.2) is 6.10 Å². The van der Waals surface area contributed by atoms with Gasteiger partial charge in [-0.15, -0.1) is 0 Å². The molecule has 0 aromatic heterocycles. The minimum Gasteiger partial charge on any atom is -0.457 e. The molecular weight excluding hydrogens is 490 g/mol. The van der Waals surface area contributed by atoms with Crippen molar-refractivity contribution in [3.05, 3.63) is 102 Å². The monoisotopic (exact) mass is 513 g/mol. The largest absolute Gasteiger partial charge is 0.457 e. The van der Waals surface area contributed by atoms with Gasteiger partial charge in [-0.3, -0.25) is 14.4 Å². The smallest absolute Gasteiger partial charge is 0.312 e. The Kier molecular flexibility index (Phi) is 6.93. The molecule has 1 aliphatic heterocycles. The number of fused-ring (bicyclic) bond motifs is 1. The molecule has 1 amide bonds. The molecule has 0 radical (unpaired) electrons. The van der Waals surface area contributed by atoms with Crippen LogP contribution in [0.25, 0.3) is 10.8 Å². The topological polar surface area (TPSA) is 72.9 Å². The lowest BCUT2D eigenvalue weighted by atomic mass is 10.1. The van der Waals surface area contributed by atoms with Crippen LogP contribution in [0.3, 0.4) is 0 Å². The zero-order chi connectivity index (χ0) is 25.9. The average molecular weight is 514 g/mol. The van der Waals surface area contributed by atoms with E-state index in [0.717, 1.165) is 16.5 Å². The van der Waals surface area contributed by atoms with Crippen molar-refractivity contribution in [1.29, 1.82) is 0 Å². The first kappa shape index (κ1) is 24.5. The van der Waals surface area contributed by atoms with Gasteiger partial charge >= 0.3 is 5.97 Å². The minimum atomic E-state index is -0.969. The van der Waals surface area contributed by atoms with Crippen LogP contribution in [0, 0.1) is 5.92 Å². The highest BCUT2D eigenvalue weighted by Crippen LogP contribution is 2.32. The van der Waals surface area contributed by atoms with Crippen LogP contribution in [0.2, 0.25) is 5.02 Å². The third-order valence-electron chi connectivity index (χ3n) is 6.38. The molecule has 186 valence electrons. The van der Waals surface area contributed by atoms with Gasteiger partial charge in [0.05, 0.1) is 5.92 Å².